The lowest BCUT2D eigenvalue weighted by molar-refractivity contribution is 0.0827. The second kappa shape index (κ2) is 6.35. The van der Waals surface area contributed by atoms with Gasteiger partial charge in [-0.05, 0) is 33.2 Å². The van der Waals surface area contributed by atoms with Crippen molar-refractivity contribution in [3.63, 3.8) is 0 Å². The summed E-state index contributed by atoms with van der Waals surface area (Å²) in [7, 11) is 7.54. The molecule has 0 saturated heterocycles. The monoisotopic (exact) mass is 250 g/mol. The van der Waals surface area contributed by atoms with Gasteiger partial charge in [-0.1, -0.05) is 0 Å². The van der Waals surface area contributed by atoms with E-state index >= 15 is 0 Å². The van der Waals surface area contributed by atoms with Crippen LogP contribution in [0.3, 0.4) is 0 Å². The molecule has 1 atom stereocenters. The molecule has 0 radical (unpaired) electrons. The molecule has 0 aliphatic rings. The minimum absolute atomic E-state index is 0.0318. The number of pyridine rings is 1. The number of hydrogen-bond acceptors (Lipinski definition) is 4. The number of carbonyl (C=O) groups is 1. The summed E-state index contributed by atoms with van der Waals surface area (Å²) in [5.41, 5.74) is 0.603. The maximum absolute atomic E-state index is 11.7. The Kier molecular flexibility index (Phi) is 5.09. The van der Waals surface area contributed by atoms with E-state index in [-0.39, 0.29) is 5.91 Å². The first-order valence-corrected chi connectivity index (χ1v) is 6.00. The number of nitrogens with one attached hydrogen (secondary N) is 1. The van der Waals surface area contributed by atoms with Crippen LogP contribution in [-0.4, -0.2) is 61.5 Å². The lowest BCUT2D eigenvalue weighted by Crippen LogP contribution is -2.31. The Bertz CT molecular complexity index is 386. The van der Waals surface area contributed by atoms with Crippen molar-refractivity contribution in [3.8, 4) is 0 Å². The van der Waals surface area contributed by atoms with E-state index in [2.05, 4.69) is 22.1 Å². The van der Waals surface area contributed by atoms with Gasteiger partial charge in [0.2, 0.25) is 0 Å². The lowest BCUT2D eigenvalue weighted by Gasteiger charge is -2.20. The molecule has 0 aliphatic carbocycles. The molecule has 0 spiro atoms. The van der Waals surface area contributed by atoms with Gasteiger partial charge in [0.05, 0.1) is 5.56 Å². The van der Waals surface area contributed by atoms with Crippen molar-refractivity contribution in [1.82, 2.24) is 14.8 Å². The summed E-state index contributed by atoms with van der Waals surface area (Å²) in [5.74, 6) is 0.759. The second-order valence-electron chi connectivity index (χ2n) is 4.83. The molecule has 1 aromatic rings. The number of anilines is 1. The zero-order valence-electron chi connectivity index (χ0n) is 11.8. The van der Waals surface area contributed by atoms with E-state index in [9.17, 15) is 4.79 Å². The molecule has 0 fully saturated rings. The molecule has 1 amide bonds. The van der Waals surface area contributed by atoms with Crippen LogP contribution in [0.1, 0.15) is 17.3 Å². The Balaban J connectivity index is 2.58. The summed E-state index contributed by atoms with van der Waals surface area (Å²) >= 11 is 0. The molecule has 0 bridgehead atoms. The average molecular weight is 250 g/mol. The molecule has 0 aliphatic heterocycles. The van der Waals surface area contributed by atoms with E-state index in [1.807, 2.05) is 20.2 Å². The van der Waals surface area contributed by atoms with Crippen LogP contribution in [0.4, 0.5) is 5.82 Å². The van der Waals surface area contributed by atoms with Crippen LogP contribution in [0.15, 0.2) is 18.3 Å². The third-order valence-corrected chi connectivity index (χ3v) is 2.88. The highest BCUT2D eigenvalue weighted by atomic mass is 16.2. The minimum Gasteiger partial charge on any atom is -0.369 e. The van der Waals surface area contributed by atoms with Crippen molar-refractivity contribution < 1.29 is 4.79 Å². The average Bonchev–Trinajstić information content (AvgIpc) is 2.35. The number of hydrogen-bond donors (Lipinski definition) is 1. The van der Waals surface area contributed by atoms with Crippen molar-refractivity contribution in [1.29, 1.82) is 0 Å². The van der Waals surface area contributed by atoms with Crippen LogP contribution in [0.2, 0.25) is 0 Å². The van der Waals surface area contributed by atoms with Crippen LogP contribution in [0.25, 0.3) is 0 Å². The van der Waals surface area contributed by atoms with E-state index in [4.69, 9.17) is 0 Å². The fourth-order valence-corrected chi connectivity index (χ4v) is 1.32. The van der Waals surface area contributed by atoms with Crippen molar-refractivity contribution in [2.45, 2.75) is 13.0 Å². The second-order valence-corrected chi connectivity index (χ2v) is 4.83. The van der Waals surface area contributed by atoms with Crippen molar-refractivity contribution in [2.24, 2.45) is 0 Å². The summed E-state index contributed by atoms with van der Waals surface area (Å²) in [6.45, 7) is 2.96. The SMILES string of the molecule is CC(CNc1ccc(C(=O)N(C)C)cn1)N(C)C. The van der Waals surface area contributed by atoms with Gasteiger partial charge in [-0.15, -0.1) is 0 Å². The smallest absolute Gasteiger partial charge is 0.254 e. The predicted molar refractivity (Wildman–Crippen MR) is 73.9 cm³/mol. The quantitative estimate of drug-likeness (QED) is 0.851. The van der Waals surface area contributed by atoms with E-state index in [1.54, 1.807) is 26.4 Å². The van der Waals surface area contributed by atoms with E-state index < -0.39 is 0 Å². The van der Waals surface area contributed by atoms with Crippen LogP contribution in [0.5, 0.6) is 0 Å². The molecule has 100 valence electrons. The molecule has 0 aromatic carbocycles. The van der Waals surface area contributed by atoms with Gasteiger partial charge in [0, 0.05) is 32.9 Å². The molecule has 1 rings (SSSR count). The molecule has 18 heavy (non-hydrogen) atoms. The van der Waals surface area contributed by atoms with Crippen molar-refractivity contribution >= 4 is 11.7 Å². The molecular formula is C13H22N4O. The van der Waals surface area contributed by atoms with E-state index in [0.29, 0.717) is 11.6 Å². The van der Waals surface area contributed by atoms with Crippen LogP contribution >= 0.6 is 0 Å². The van der Waals surface area contributed by atoms with Gasteiger partial charge < -0.3 is 15.1 Å². The molecule has 1 unspecified atom stereocenters. The summed E-state index contributed by atoms with van der Waals surface area (Å²) in [5, 5.41) is 3.24. The maximum Gasteiger partial charge on any atom is 0.254 e. The highest BCUT2D eigenvalue weighted by Crippen LogP contribution is 2.07. The van der Waals surface area contributed by atoms with E-state index in [0.717, 1.165) is 12.4 Å². The lowest BCUT2D eigenvalue weighted by atomic mass is 10.2. The van der Waals surface area contributed by atoms with Gasteiger partial charge in [-0.25, -0.2) is 4.98 Å². The number of likely N-dealkylation sites (N-methyl/N-ethyl adjacent to an activating group) is 1. The summed E-state index contributed by atoms with van der Waals surface area (Å²) in [4.78, 5) is 19.6. The standard InChI is InChI=1S/C13H22N4O/c1-10(16(2)3)8-14-12-7-6-11(9-15-12)13(18)17(4)5/h6-7,9-10H,8H2,1-5H3,(H,14,15). The fraction of sp³-hybridized carbons (Fsp3) is 0.538. The number of aromatic nitrogens is 1. The normalized spacial score (nSPS) is 12.3. The van der Waals surface area contributed by atoms with Crippen LogP contribution in [0, 0.1) is 0 Å². The molecule has 5 heteroatoms. The highest BCUT2D eigenvalue weighted by molar-refractivity contribution is 5.93. The first-order chi connectivity index (χ1) is 8.41. The number of carbonyl (C=O) groups excluding carboxylic acids is 1. The van der Waals surface area contributed by atoms with Gasteiger partial charge in [0.1, 0.15) is 5.82 Å². The van der Waals surface area contributed by atoms with Gasteiger partial charge in [0.15, 0.2) is 0 Å². The first-order valence-electron chi connectivity index (χ1n) is 6.00. The number of nitrogens with zero attached hydrogens (tertiary/aromatic N) is 3. The maximum atomic E-state index is 11.7. The Labute approximate surface area is 109 Å². The third-order valence-electron chi connectivity index (χ3n) is 2.88. The van der Waals surface area contributed by atoms with Gasteiger partial charge >= 0.3 is 0 Å². The Morgan fingerprint density at radius 1 is 1.33 bits per heavy atom. The predicted octanol–water partition coefficient (Wildman–Crippen LogP) is 1.15. The van der Waals surface area contributed by atoms with Crippen molar-refractivity contribution in [2.75, 3.05) is 40.1 Å². The summed E-state index contributed by atoms with van der Waals surface area (Å²) in [6, 6.07) is 4.05. The Morgan fingerprint density at radius 3 is 2.44 bits per heavy atom. The van der Waals surface area contributed by atoms with Crippen LogP contribution < -0.4 is 5.32 Å². The zero-order valence-corrected chi connectivity index (χ0v) is 11.8. The molecule has 1 N–H and O–H groups in total. The molecule has 0 saturated carbocycles. The van der Waals surface area contributed by atoms with Crippen LogP contribution in [-0.2, 0) is 0 Å². The molecule has 5 nitrogen and oxygen atoms in total. The summed E-state index contributed by atoms with van der Waals surface area (Å²) in [6.07, 6.45) is 1.60. The summed E-state index contributed by atoms with van der Waals surface area (Å²) < 4.78 is 0. The molecule has 1 aromatic heterocycles. The van der Waals surface area contributed by atoms with Gasteiger partial charge in [-0.3, -0.25) is 4.79 Å². The highest BCUT2D eigenvalue weighted by Gasteiger charge is 2.08. The minimum atomic E-state index is -0.0318. The van der Waals surface area contributed by atoms with Gasteiger partial charge in [-0.2, -0.15) is 0 Å². The topological polar surface area (TPSA) is 48.5 Å². The zero-order chi connectivity index (χ0) is 13.7. The number of amides is 1. The Morgan fingerprint density at radius 2 is 2.00 bits per heavy atom. The molecule has 1 heterocycles. The van der Waals surface area contributed by atoms with Crippen molar-refractivity contribution in [3.05, 3.63) is 23.9 Å². The Hall–Kier alpha value is -1.62. The fourth-order valence-electron chi connectivity index (χ4n) is 1.32. The number of rotatable bonds is 5. The third kappa shape index (κ3) is 4.00. The first kappa shape index (κ1) is 14.4. The molecular weight excluding hydrogens is 228 g/mol. The van der Waals surface area contributed by atoms with Gasteiger partial charge in [0.25, 0.3) is 5.91 Å². The van der Waals surface area contributed by atoms with E-state index in [1.165, 1.54) is 4.90 Å². The largest absolute Gasteiger partial charge is 0.369 e.